The minimum Gasteiger partial charge on any atom is -0.305 e. The summed E-state index contributed by atoms with van der Waals surface area (Å²) in [7, 11) is 0. The third kappa shape index (κ3) is 2.94. The molecule has 0 atom stereocenters. The number of hydrogen-bond acceptors (Lipinski definition) is 4. The lowest BCUT2D eigenvalue weighted by molar-refractivity contribution is 0.102. The van der Waals surface area contributed by atoms with Crippen molar-refractivity contribution in [2.75, 3.05) is 5.32 Å². The fourth-order valence-corrected chi connectivity index (χ4v) is 2.27. The van der Waals surface area contributed by atoms with Crippen LogP contribution in [-0.2, 0) is 0 Å². The Kier molecular flexibility index (Phi) is 3.68. The van der Waals surface area contributed by atoms with E-state index in [-0.39, 0.29) is 16.1 Å². The van der Waals surface area contributed by atoms with Crippen molar-refractivity contribution in [1.82, 2.24) is 15.0 Å². The van der Waals surface area contributed by atoms with Gasteiger partial charge in [-0.2, -0.15) is 0 Å². The zero-order valence-electron chi connectivity index (χ0n) is 10.5. The smallest absolute Gasteiger partial charge is 0.275 e. The molecule has 2 heterocycles. The largest absolute Gasteiger partial charge is 0.305 e. The lowest BCUT2D eigenvalue weighted by atomic mass is 10.1. The van der Waals surface area contributed by atoms with Gasteiger partial charge in [-0.15, -0.1) is 0 Å². The molecule has 5 nitrogen and oxygen atoms in total. The van der Waals surface area contributed by atoms with E-state index in [1.165, 1.54) is 12.3 Å². The van der Waals surface area contributed by atoms with Crippen molar-refractivity contribution in [3.8, 4) is 0 Å². The lowest BCUT2D eigenvalue weighted by Gasteiger charge is -2.06. The second-order valence-electron chi connectivity index (χ2n) is 4.18. The average Bonchev–Trinajstić information content (AvgIpc) is 2.47. The number of pyridine rings is 1. The SMILES string of the molecule is O=C(Nc1ccnc(Cl)n1)c1cc2ccccc2c(Cl)n1. The minimum atomic E-state index is -0.419. The summed E-state index contributed by atoms with van der Waals surface area (Å²) in [6.45, 7) is 0. The Hall–Kier alpha value is -2.24. The van der Waals surface area contributed by atoms with Crippen molar-refractivity contribution in [3.63, 3.8) is 0 Å². The fraction of sp³-hybridized carbons (Fsp3) is 0. The van der Waals surface area contributed by atoms with E-state index in [1.807, 2.05) is 24.3 Å². The predicted molar refractivity (Wildman–Crippen MR) is 81.7 cm³/mol. The summed E-state index contributed by atoms with van der Waals surface area (Å²) in [5.74, 6) is -0.122. The first-order chi connectivity index (χ1) is 10.1. The number of aromatic nitrogens is 3. The van der Waals surface area contributed by atoms with E-state index >= 15 is 0 Å². The molecule has 0 aliphatic heterocycles. The Morgan fingerprint density at radius 1 is 1.10 bits per heavy atom. The van der Waals surface area contributed by atoms with Crippen LogP contribution in [0.15, 0.2) is 42.6 Å². The van der Waals surface area contributed by atoms with Crippen LogP contribution in [0.1, 0.15) is 10.5 Å². The Morgan fingerprint density at radius 2 is 1.90 bits per heavy atom. The van der Waals surface area contributed by atoms with E-state index in [0.29, 0.717) is 5.82 Å². The molecule has 7 heteroatoms. The van der Waals surface area contributed by atoms with Crippen molar-refractivity contribution in [3.05, 3.63) is 58.7 Å². The maximum absolute atomic E-state index is 12.2. The van der Waals surface area contributed by atoms with Crippen LogP contribution >= 0.6 is 23.2 Å². The molecule has 104 valence electrons. The molecular formula is C14H8Cl2N4O. The van der Waals surface area contributed by atoms with E-state index in [9.17, 15) is 4.79 Å². The summed E-state index contributed by atoms with van der Waals surface area (Å²) in [6, 6.07) is 10.6. The van der Waals surface area contributed by atoms with E-state index in [2.05, 4.69) is 20.3 Å². The second kappa shape index (κ2) is 5.63. The third-order valence-electron chi connectivity index (χ3n) is 2.79. The number of carbonyl (C=O) groups is 1. The molecule has 0 spiro atoms. The summed E-state index contributed by atoms with van der Waals surface area (Å²) in [6.07, 6.45) is 1.45. The first-order valence-corrected chi connectivity index (χ1v) is 6.74. The van der Waals surface area contributed by atoms with Crippen molar-refractivity contribution in [2.45, 2.75) is 0 Å². The second-order valence-corrected chi connectivity index (χ2v) is 4.88. The van der Waals surface area contributed by atoms with E-state index in [4.69, 9.17) is 23.2 Å². The standard InChI is InChI=1S/C14H8Cl2N4O/c15-12-9-4-2-1-3-8(9)7-10(18-12)13(21)19-11-5-6-17-14(16)20-11/h1-7H,(H,17,19,20,21). The van der Waals surface area contributed by atoms with Gasteiger partial charge in [0.1, 0.15) is 16.7 Å². The number of carbonyl (C=O) groups excluding carboxylic acids is 1. The highest BCUT2D eigenvalue weighted by molar-refractivity contribution is 6.34. The quantitative estimate of drug-likeness (QED) is 0.579. The highest BCUT2D eigenvalue weighted by Crippen LogP contribution is 2.22. The fourth-order valence-electron chi connectivity index (χ4n) is 1.86. The third-order valence-corrected chi connectivity index (χ3v) is 3.26. The molecule has 0 saturated heterocycles. The van der Waals surface area contributed by atoms with Gasteiger partial charge in [0, 0.05) is 11.6 Å². The van der Waals surface area contributed by atoms with Gasteiger partial charge >= 0.3 is 0 Å². The van der Waals surface area contributed by atoms with Crippen molar-refractivity contribution in [1.29, 1.82) is 0 Å². The van der Waals surface area contributed by atoms with Crippen LogP contribution in [0.2, 0.25) is 10.4 Å². The van der Waals surface area contributed by atoms with Gasteiger partial charge in [-0.3, -0.25) is 4.79 Å². The maximum Gasteiger partial charge on any atom is 0.275 e. The topological polar surface area (TPSA) is 67.8 Å². The highest BCUT2D eigenvalue weighted by Gasteiger charge is 2.12. The molecule has 0 saturated carbocycles. The van der Waals surface area contributed by atoms with Gasteiger partial charge in [-0.25, -0.2) is 15.0 Å². The molecule has 1 aromatic carbocycles. The number of benzene rings is 1. The molecule has 2 aromatic heterocycles. The predicted octanol–water partition coefficient (Wildman–Crippen LogP) is 3.58. The van der Waals surface area contributed by atoms with Gasteiger partial charge in [0.25, 0.3) is 5.91 Å². The number of rotatable bonds is 2. The summed E-state index contributed by atoms with van der Waals surface area (Å²) >= 11 is 11.8. The molecular weight excluding hydrogens is 311 g/mol. The molecule has 0 aliphatic carbocycles. The molecule has 0 unspecified atom stereocenters. The molecule has 1 N–H and O–H groups in total. The summed E-state index contributed by atoms with van der Waals surface area (Å²) in [5, 5.41) is 4.55. The number of fused-ring (bicyclic) bond motifs is 1. The van der Waals surface area contributed by atoms with Gasteiger partial charge in [0.15, 0.2) is 0 Å². The van der Waals surface area contributed by atoms with Crippen molar-refractivity contribution >= 4 is 45.7 Å². The highest BCUT2D eigenvalue weighted by atomic mass is 35.5. The van der Waals surface area contributed by atoms with Crippen LogP contribution in [-0.4, -0.2) is 20.9 Å². The first kappa shape index (κ1) is 13.7. The van der Waals surface area contributed by atoms with Crippen molar-refractivity contribution in [2.24, 2.45) is 0 Å². The van der Waals surface area contributed by atoms with Gasteiger partial charge in [0.2, 0.25) is 5.28 Å². The zero-order chi connectivity index (χ0) is 14.8. The van der Waals surface area contributed by atoms with Crippen LogP contribution in [0, 0.1) is 0 Å². The number of anilines is 1. The minimum absolute atomic E-state index is 0.0531. The Labute approximate surface area is 130 Å². The molecule has 1 amide bonds. The summed E-state index contributed by atoms with van der Waals surface area (Å²) in [4.78, 5) is 23.9. The molecule has 0 radical (unpaired) electrons. The molecule has 3 rings (SSSR count). The Morgan fingerprint density at radius 3 is 2.71 bits per heavy atom. The molecule has 0 fully saturated rings. The normalized spacial score (nSPS) is 10.6. The summed E-state index contributed by atoms with van der Waals surface area (Å²) < 4.78 is 0. The number of nitrogens with zero attached hydrogens (tertiary/aromatic N) is 3. The van der Waals surface area contributed by atoms with Crippen LogP contribution in [0.4, 0.5) is 5.82 Å². The van der Waals surface area contributed by atoms with Crippen LogP contribution in [0.25, 0.3) is 10.8 Å². The van der Waals surface area contributed by atoms with Crippen LogP contribution in [0.3, 0.4) is 0 Å². The van der Waals surface area contributed by atoms with Gasteiger partial charge in [-0.1, -0.05) is 35.9 Å². The number of nitrogens with one attached hydrogen (secondary N) is 1. The number of hydrogen-bond donors (Lipinski definition) is 1. The summed E-state index contributed by atoms with van der Waals surface area (Å²) in [5.41, 5.74) is 0.202. The van der Waals surface area contributed by atoms with E-state index in [0.717, 1.165) is 10.8 Å². The number of amides is 1. The molecule has 21 heavy (non-hydrogen) atoms. The molecule has 0 aliphatic rings. The van der Waals surface area contributed by atoms with Crippen LogP contribution in [0.5, 0.6) is 0 Å². The molecule has 0 bridgehead atoms. The Balaban J connectivity index is 1.94. The van der Waals surface area contributed by atoms with E-state index < -0.39 is 5.91 Å². The van der Waals surface area contributed by atoms with Crippen LogP contribution < -0.4 is 5.32 Å². The molecule has 3 aromatic rings. The van der Waals surface area contributed by atoms with E-state index in [1.54, 1.807) is 6.07 Å². The lowest BCUT2D eigenvalue weighted by Crippen LogP contribution is -2.15. The average molecular weight is 319 g/mol. The number of halogens is 2. The Bertz CT molecular complexity index is 838. The first-order valence-electron chi connectivity index (χ1n) is 5.99. The zero-order valence-corrected chi connectivity index (χ0v) is 12.1. The van der Waals surface area contributed by atoms with Gasteiger partial charge < -0.3 is 5.32 Å². The van der Waals surface area contributed by atoms with Gasteiger partial charge in [-0.05, 0) is 29.1 Å². The maximum atomic E-state index is 12.2. The monoisotopic (exact) mass is 318 g/mol. The van der Waals surface area contributed by atoms with Crippen molar-refractivity contribution < 1.29 is 4.79 Å². The van der Waals surface area contributed by atoms with Gasteiger partial charge in [0.05, 0.1) is 0 Å².